The molecule has 0 unspecified atom stereocenters. The van der Waals surface area contributed by atoms with Gasteiger partial charge in [-0.05, 0) is 12.1 Å². The molecule has 0 fully saturated rings. The van der Waals surface area contributed by atoms with Gasteiger partial charge in [0.05, 0.1) is 0 Å². The lowest BCUT2D eigenvalue weighted by atomic mass is 10.2. The SMILES string of the molecule is CN(C(=O)c1cnc2sccn2c1=O)c1ccccc1. The van der Waals surface area contributed by atoms with E-state index >= 15 is 0 Å². The van der Waals surface area contributed by atoms with Crippen molar-refractivity contribution < 1.29 is 4.79 Å². The Kier molecular flexibility index (Phi) is 3.08. The van der Waals surface area contributed by atoms with Crippen LogP contribution in [0.4, 0.5) is 5.69 Å². The van der Waals surface area contributed by atoms with Gasteiger partial charge in [-0.2, -0.15) is 0 Å². The molecular weight excluding hydrogens is 274 g/mol. The summed E-state index contributed by atoms with van der Waals surface area (Å²) in [4.78, 5) is 30.8. The minimum Gasteiger partial charge on any atom is -0.311 e. The third-order valence-corrected chi connectivity index (χ3v) is 3.79. The third-order valence-electron chi connectivity index (χ3n) is 3.02. The van der Waals surface area contributed by atoms with Crippen molar-refractivity contribution in [1.29, 1.82) is 0 Å². The van der Waals surface area contributed by atoms with Crippen LogP contribution < -0.4 is 10.5 Å². The van der Waals surface area contributed by atoms with Gasteiger partial charge < -0.3 is 4.90 Å². The van der Waals surface area contributed by atoms with Gasteiger partial charge >= 0.3 is 0 Å². The maximum absolute atomic E-state index is 12.4. The molecule has 0 N–H and O–H groups in total. The van der Waals surface area contributed by atoms with Crippen LogP contribution in [0.25, 0.3) is 4.96 Å². The number of benzene rings is 1. The predicted molar refractivity (Wildman–Crippen MR) is 78.5 cm³/mol. The van der Waals surface area contributed by atoms with Gasteiger partial charge in [0.2, 0.25) is 0 Å². The zero-order valence-electron chi connectivity index (χ0n) is 10.7. The van der Waals surface area contributed by atoms with Gasteiger partial charge in [-0.25, -0.2) is 4.98 Å². The second-order valence-electron chi connectivity index (χ2n) is 4.23. The van der Waals surface area contributed by atoms with Crippen LogP contribution in [0.5, 0.6) is 0 Å². The number of carbonyl (C=O) groups excluding carboxylic acids is 1. The monoisotopic (exact) mass is 285 g/mol. The van der Waals surface area contributed by atoms with Crippen LogP contribution >= 0.6 is 11.3 Å². The molecule has 1 amide bonds. The van der Waals surface area contributed by atoms with E-state index in [4.69, 9.17) is 0 Å². The lowest BCUT2D eigenvalue weighted by molar-refractivity contribution is 0.0991. The van der Waals surface area contributed by atoms with Gasteiger partial charge in [-0.1, -0.05) is 18.2 Å². The Morgan fingerprint density at radius 3 is 2.80 bits per heavy atom. The summed E-state index contributed by atoms with van der Waals surface area (Å²) in [7, 11) is 1.64. The smallest absolute Gasteiger partial charge is 0.271 e. The summed E-state index contributed by atoms with van der Waals surface area (Å²) >= 11 is 1.35. The topological polar surface area (TPSA) is 54.7 Å². The molecule has 100 valence electrons. The minimum absolute atomic E-state index is 0.0623. The average molecular weight is 285 g/mol. The molecule has 0 aliphatic heterocycles. The Morgan fingerprint density at radius 2 is 2.05 bits per heavy atom. The van der Waals surface area contributed by atoms with Gasteiger partial charge in [0.25, 0.3) is 11.5 Å². The average Bonchev–Trinajstić information content (AvgIpc) is 2.96. The summed E-state index contributed by atoms with van der Waals surface area (Å²) in [6, 6.07) is 9.17. The quantitative estimate of drug-likeness (QED) is 0.724. The van der Waals surface area contributed by atoms with Crippen LogP contribution in [0, 0.1) is 0 Å². The molecule has 3 rings (SSSR count). The number of anilines is 1. The lowest BCUT2D eigenvalue weighted by Crippen LogP contribution is -2.32. The van der Waals surface area contributed by atoms with E-state index in [-0.39, 0.29) is 17.0 Å². The Morgan fingerprint density at radius 1 is 1.30 bits per heavy atom. The first-order valence-corrected chi connectivity index (χ1v) is 6.84. The lowest BCUT2D eigenvalue weighted by Gasteiger charge is -2.16. The second-order valence-corrected chi connectivity index (χ2v) is 5.11. The number of fused-ring (bicyclic) bond motifs is 1. The van der Waals surface area contributed by atoms with E-state index in [1.807, 2.05) is 30.3 Å². The van der Waals surface area contributed by atoms with E-state index in [1.54, 1.807) is 18.6 Å². The summed E-state index contributed by atoms with van der Waals surface area (Å²) in [5, 5.41) is 1.76. The fourth-order valence-corrected chi connectivity index (χ4v) is 2.60. The second kappa shape index (κ2) is 4.90. The molecular formula is C14H11N3O2S. The van der Waals surface area contributed by atoms with Gasteiger partial charge in [0.1, 0.15) is 5.56 Å². The molecule has 0 spiro atoms. The summed E-state index contributed by atoms with van der Waals surface area (Å²) in [5.74, 6) is -0.366. The molecule has 2 heterocycles. The van der Waals surface area contributed by atoms with Crippen molar-refractivity contribution in [2.75, 3.05) is 11.9 Å². The maximum atomic E-state index is 12.4. The van der Waals surface area contributed by atoms with Gasteiger partial charge in [0.15, 0.2) is 4.96 Å². The standard InChI is InChI=1S/C14H11N3O2S/c1-16(10-5-3-2-4-6-10)12(18)11-9-15-14-17(13(11)19)7-8-20-14/h2-9H,1H3. The molecule has 0 saturated heterocycles. The first-order valence-electron chi connectivity index (χ1n) is 5.96. The molecule has 0 atom stereocenters. The summed E-state index contributed by atoms with van der Waals surface area (Å²) in [6.07, 6.45) is 2.96. The molecule has 0 aliphatic rings. The van der Waals surface area contributed by atoms with Crippen molar-refractivity contribution in [3.8, 4) is 0 Å². The number of carbonyl (C=O) groups is 1. The Balaban J connectivity index is 2.05. The molecule has 6 heteroatoms. The third kappa shape index (κ3) is 2.00. The van der Waals surface area contributed by atoms with Crippen molar-refractivity contribution >= 4 is 27.9 Å². The van der Waals surface area contributed by atoms with Crippen LogP contribution in [0.3, 0.4) is 0 Å². The molecule has 0 aliphatic carbocycles. The van der Waals surface area contributed by atoms with Crippen molar-refractivity contribution in [3.63, 3.8) is 0 Å². The minimum atomic E-state index is -0.366. The zero-order chi connectivity index (χ0) is 14.1. The summed E-state index contributed by atoms with van der Waals surface area (Å²) in [5.41, 5.74) is 0.448. The highest BCUT2D eigenvalue weighted by Crippen LogP contribution is 2.14. The highest BCUT2D eigenvalue weighted by Gasteiger charge is 2.18. The Hall–Kier alpha value is -2.47. The number of nitrogens with zero attached hydrogens (tertiary/aromatic N) is 3. The van der Waals surface area contributed by atoms with E-state index in [0.717, 1.165) is 5.69 Å². The van der Waals surface area contributed by atoms with Crippen LogP contribution in [-0.4, -0.2) is 22.3 Å². The predicted octanol–water partition coefficient (Wildman–Crippen LogP) is 2.03. The number of hydrogen-bond acceptors (Lipinski definition) is 4. The van der Waals surface area contributed by atoms with Crippen LogP contribution in [-0.2, 0) is 0 Å². The number of thiazole rings is 1. The molecule has 2 aromatic heterocycles. The first kappa shape index (κ1) is 12.6. The number of rotatable bonds is 2. The van der Waals surface area contributed by atoms with E-state index < -0.39 is 0 Å². The zero-order valence-corrected chi connectivity index (χ0v) is 11.5. The van der Waals surface area contributed by atoms with Crippen LogP contribution in [0.2, 0.25) is 0 Å². The van der Waals surface area contributed by atoms with Gasteiger partial charge in [-0.15, -0.1) is 11.3 Å². The molecule has 1 aromatic carbocycles. The van der Waals surface area contributed by atoms with E-state index in [9.17, 15) is 9.59 Å². The maximum Gasteiger partial charge on any atom is 0.271 e. The normalized spacial score (nSPS) is 10.7. The highest BCUT2D eigenvalue weighted by molar-refractivity contribution is 7.15. The molecule has 3 aromatic rings. The van der Waals surface area contributed by atoms with Crippen LogP contribution in [0.1, 0.15) is 10.4 Å². The number of para-hydroxylation sites is 1. The fourth-order valence-electron chi connectivity index (χ4n) is 1.92. The molecule has 0 radical (unpaired) electrons. The largest absolute Gasteiger partial charge is 0.311 e. The molecule has 20 heavy (non-hydrogen) atoms. The van der Waals surface area contributed by atoms with Crippen molar-refractivity contribution in [3.05, 3.63) is 64.0 Å². The number of aromatic nitrogens is 2. The van der Waals surface area contributed by atoms with E-state index in [2.05, 4.69) is 4.98 Å². The summed E-state index contributed by atoms with van der Waals surface area (Å²) in [6.45, 7) is 0. The number of hydrogen-bond donors (Lipinski definition) is 0. The van der Waals surface area contributed by atoms with Crippen molar-refractivity contribution in [1.82, 2.24) is 9.38 Å². The fraction of sp³-hybridized carbons (Fsp3) is 0.0714. The Labute approximate surface area is 118 Å². The molecule has 0 bridgehead atoms. The van der Waals surface area contributed by atoms with Crippen LogP contribution in [0.15, 0.2) is 52.9 Å². The molecule has 0 saturated carbocycles. The highest BCUT2D eigenvalue weighted by atomic mass is 32.1. The molecule has 5 nitrogen and oxygen atoms in total. The van der Waals surface area contributed by atoms with Gasteiger partial charge in [-0.3, -0.25) is 14.0 Å². The van der Waals surface area contributed by atoms with E-state index in [1.165, 1.54) is 26.8 Å². The number of amides is 1. The first-order chi connectivity index (χ1) is 9.68. The van der Waals surface area contributed by atoms with E-state index in [0.29, 0.717) is 4.96 Å². The summed E-state index contributed by atoms with van der Waals surface area (Å²) < 4.78 is 1.39. The van der Waals surface area contributed by atoms with Gasteiger partial charge in [0, 0.05) is 30.5 Å². The Bertz CT molecular complexity index is 823. The van der Waals surface area contributed by atoms with Crippen molar-refractivity contribution in [2.45, 2.75) is 0 Å². The van der Waals surface area contributed by atoms with Crippen molar-refractivity contribution in [2.24, 2.45) is 0 Å².